The van der Waals surface area contributed by atoms with Crippen LogP contribution in [0.1, 0.15) is 84.0 Å². The summed E-state index contributed by atoms with van der Waals surface area (Å²) in [5, 5.41) is 0. The highest BCUT2D eigenvalue weighted by Crippen LogP contribution is 2.10. The lowest BCUT2D eigenvalue weighted by molar-refractivity contribution is 0.566. The Hall–Kier alpha value is -0.520. The van der Waals surface area contributed by atoms with Gasteiger partial charge in [0, 0.05) is 0 Å². The van der Waals surface area contributed by atoms with Gasteiger partial charge in [-0.15, -0.1) is 0 Å². The Morgan fingerprint density at radius 3 is 1.72 bits per heavy atom. The summed E-state index contributed by atoms with van der Waals surface area (Å²) < 4.78 is 0. The second-order valence-corrected chi connectivity index (χ2v) is 5.12. The first-order chi connectivity index (χ1) is 8.91. The first-order valence-electron chi connectivity index (χ1n) is 8.02. The lowest BCUT2D eigenvalue weighted by Crippen LogP contribution is -1.80. The van der Waals surface area contributed by atoms with E-state index >= 15 is 0 Å². The van der Waals surface area contributed by atoms with Crippen molar-refractivity contribution in [1.82, 2.24) is 0 Å². The minimum absolute atomic E-state index is 1.00. The van der Waals surface area contributed by atoms with Gasteiger partial charge >= 0.3 is 0 Å². The molecule has 0 N–H and O–H groups in total. The third kappa shape index (κ3) is 15.5. The Labute approximate surface area is 116 Å². The first kappa shape index (κ1) is 17.5. The van der Waals surface area contributed by atoms with Crippen LogP contribution in [0.3, 0.4) is 0 Å². The SMILES string of the molecule is [CH2]CCC=CC=CCCCCCCCCCCC. The lowest BCUT2D eigenvalue weighted by atomic mass is 10.1. The van der Waals surface area contributed by atoms with Gasteiger partial charge in [-0.1, -0.05) is 89.5 Å². The zero-order valence-electron chi connectivity index (χ0n) is 12.5. The molecule has 0 spiro atoms. The van der Waals surface area contributed by atoms with E-state index < -0.39 is 0 Å². The van der Waals surface area contributed by atoms with Crippen molar-refractivity contribution in [3.05, 3.63) is 31.2 Å². The molecule has 0 rings (SSSR count). The molecule has 0 aliphatic heterocycles. The number of unbranched alkanes of at least 4 members (excludes halogenated alkanes) is 10. The predicted molar refractivity (Wildman–Crippen MR) is 84.7 cm³/mol. The van der Waals surface area contributed by atoms with Gasteiger partial charge in [-0.2, -0.15) is 0 Å². The molecule has 0 nitrogen and oxygen atoms in total. The Balaban J connectivity index is 3.07. The highest BCUT2D eigenvalue weighted by molar-refractivity contribution is 5.02. The second-order valence-electron chi connectivity index (χ2n) is 5.12. The zero-order chi connectivity index (χ0) is 13.3. The van der Waals surface area contributed by atoms with Crippen LogP contribution in [0.2, 0.25) is 0 Å². The summed E-state index contributed by atoms with van der Waals surface area (Å²) in [5.41, 5.74) is 0. The quantitative estimate of drug-likeness (QED) is 0.254. The Morgan fingerprint density at radius 2 is 1.17 bits per heavy atom. The Bertz CT molecular complexity index is 188. The molecule has 18 heavy (non-hydrogen) atoms. The molecule has 105 valence electrons. The molecule has 0 saturated heterocycles. The summed E-state index contributed by atoms with van der Waals surface area (Å²) in [6, 6.07) is 0. The van der Waals surface area contributed by atoms with E-state index in [0.29, 0.717) is 0 Å². The molecule has 1 radical (unpaired) electrons. The van der Waals surface area contributed by atoms with E-state index in [1.54, 1.807) is 0 Å². The molecule has 0 aliphatic rings. The van der Waals surface area contributed by atoms with Gasteiger partial charge in [0.1, 0.15) is 0 Å². The van der Waals surface area contributed by atoms with Crippen molar-refractivity contribution in [3.8, 4) is 0 Å². The van der Waals surface area contributed by atoms with E-state index in [9.17, 15) is 0 Å². The summed E-state index contributed by atoms with van der Waals surface area (Å²) in [6.45, 7) is 6.09. The summed E-state index contributed by atoms with van der Waals surface area (Å²) in [4.78, 5) is 0. The van der Waals surface area contributed by atoms with Crippen molar-refractivity contribution >= 4 is 0 Å². The van der Waals surface area contributed by atoms with Gasteiger partial charge in [-0.05, 0) is 25.7 Å². The molecule has 0 aromatic carbocycles. The largest absolute Gasteiger partial charge is 0.0845 e. The van der Waals surface area contributed by atoms with Crippen LogP contribution in [0.5, 0.6) is 0 Å². The molecule has 0 unspecified atom stereocenters. The van der Waals surface area contributed by atoms with Crippen LogP contribution < -0.4 is 0 Å². The predicted octanol–water partition coefficient (Wildman–Crippen LogP) is 6.63. The normalized spacial score (nSPS) is 11.9. The molecule has 0 heteroatoms. The number of hydrogen-bond acceptors (Lipinski definition) is 0. The molecule has 0 bridgehead atoms. The van der Waals surface area contributed by atoms with Gasteiger partial charge in [0.15, 0.2) is 0 Å². The fraction of sp³-hybridized carbons (Fsp3) is 0.722. The van der Waals surface area contributed by atoms with Crippen LogP contribution in [0, 0.1) is 6.92 Å². The van der Waals surface area contributed by atoms with E-state index in [2.05, 4.69) is 38.2 Å². The second kappa shape index (κ2) is 16.5. The van der Waals surface area contributed by atoms with Gasteiger partial charge in [0.25, 0.3) is 0 Å². The van der Waals surface area contributed by atoms with Gasteiger partial charge in [-0.3, -0.25) is 0 Å². The van der Waals surface area contributed by atoms with Crippen molar-refractivity contribution < 1.29 is 0 Å². The average Bonchev–Trinajstić information content (AvgIpc) is 2.39. The maximum atomic E-state index is 3.81. The highest BCUT2D eigenvalue weighted by atomic mass is 14.0. The fourth-order valence-electron chi connectivity index (χ4n) is 2.04. The molecule has 0 aromatic heterocycles. The van der Waals surface area contributed by atoms with E-state index in [0.717, 1.165) is 12.8 Å². The first-order valence-corrected chi connectivity index (χ1v) is 8.02. The smallest absolute Gasteiger partial charge is 0.0348 e. The Kier molecular flexibility index (Phi) is 16.0. The van der Waals surface area contributed by atoms with Gasteiger partial charge in [0.05, 0.1) is 0 Å². The molecule has 0 aromatic rings. The third-order valence-corrected chi connectivity index (χ3v) is 3.23. The molecular weight excluding hydrogens is 216 g/mol. The van der Waals surface area contributed by atoms with Gasteiger partial charge < -0.3 is 0 Å². The molecule has 0 aliphatic carbocycles. The van der Waals surface area contributed by atoms with Crippen LogP contribution >= 0.6 is 0 Å². The standard InChI is InChI=1S/C18H33/c1-3-5-7-9-11-13-15-17-18-16-14-12-10-8-6-4-2/h7,9,11,13H,1,3-6,8,10,12,14-18H2,2H3. The van der Waals surface area contributed by atoms with E-state index in [1.165, 1.54) is 64.2 Å². The summed E-state index contributed by atoms with van der Waals surface area (Å²) in [5.74, 6) is 0. The maximum Gasteiger partial charge on any atom is -0.0348 e. The zero-order valence-corrected chi connectivity index (χ0v) is 12.5. The van der Waals surface area contributed by atoms with Crippen molar-refractivity contribution in [1.29, 1.82) is 0 Å². The van der Waals surface area contributed by atoms with Crippen LogP contribution in [0.4, 0.5) is 0 Å². The average molecular weight is 249 g/mol. The molecule has 0 saturated carbocycles. The minimum atomic E-state index is 1.00. The monoisotopic (exact) mass is 249 g/mol. The summed E-state index contributed by atoms with van der Waals surface area (Å²) in [7, 11) is 0. The molecule has 0 fully saturated rings. The van der Waals surface area contributed by atoms with E-state index in [-0.39, 0.29) is 0 Å². The topological polar surface area (TPSA) is 0 Å². The van der Waals surface area contributed by atoms with Crippen molar-refractivity contribution in [2.45, 2.75) is 84.0 Å². The molecular formula is C18H33. The van der Waals surface area contributed by atoms with E-state index in [1.807, 2.05) is 0 Å². The fourth-order valence-corrected chi connectivity index (χ4v) is 2.04. The van der Waals surface area contributed by atoms with Gasteiger partial charge in [-0.25, -0.2) is 0 Å². The van der Waals surface area contributed by atoms with E-state index in [4.69, 9.17) is 0 Å². The highest BCUT2D eigenvalue weighted by Gasteiger charge is 1.90. The molecule has 0 heterocycles. The van der Waals surface area contributed by atoms with Crippen molar-refractivity contribution in [2.75, 3.05) is 0 Å². The van der Waals surface area contributed by atoms with Gasteiger partial charge in [0.2, 0.25) is 0 Å². The van der Waals surface area contributed by atoms with Crippen LogP contribution in [-0.2, 0) is 0 Å². The van der Waals surface area contributed by atoms with Crippen LogP contribution in [-0.4, -0.2) is 0 Å². The minimum Gasteiger partial charge on any atom is -0.0845 e. The Morgan fingerprint density at radius 1 is 0.667 bits per heavy atom. The molecule has 0 amide bonds. The van der Waals surface area contributed by atoms with Crippen LogP contribution in [0.25, 0.3) is 0 Å². The lowest BCUT2D eigenvalue weighted by Gasteiger charge is -2.00. The number of hydrogen-bond donors (Lipinski definition) is 0. The molecule has 0 atom stereocenters. The maximum absolute atomic E-state index is 3.81. The summed E-state index contributed by atoms with van der Waals surface area (Å²) in [6.07, 6.45) is 24.9. The van der Waals surface area contributed by atoms with Crippen LogP contribution in [0.15, 0.2) is 24.3 Å². The van der Waals surface area contributed by atoms with Crippen molar-refractivity contribution in [3.63, 3.8) is 0 Å². The number of allylic oxidation sites excluding steroid dienone is 4. The number of rotatable bonds is 13. The summed E-state index contributed by atoms with van der Waals surface area (Å²) >= 11 is 0. The third-order valence-electron chi connectivity index (χ3n) is 3.23. The van der Waals surface area contributed by atoms with Crippen molar-refractivity contribution in [2.24, 2.45) is 0 Å².